The first-order valence-electron chi connectivity index (χ1n) is 13.8. The van der Waals surface area contributed by atoms with E-state index in [-0.39, 0.29) is 39.8 Å². The summed E-state index contributed by atoms with van der Waals surface area (Å²) in [5.74, 6) is -6.41. The van der Waals surface area contributed by atoms with Crippen molar-refractivity contribution in [3.63, 3.8) is 0 Å². The van der Waals surface area contributed by atoms with Crippen molar-refractivity contribution in [2.24, 2.45) is 0 Å². The molecule has 0 saturated heterocycles. The first-order valence-corrected chi connectivity index (χ1v) is 13.8. The molecule has 3 aromatic rings. The number of carboxylic acid groups (broad SMARTS) is 1. The molecule has 0 heterocycles. The molecular weight excluding hydrogens is 622 g/mol. The third kappa shape index (κ3) is 9.68. The van der Waals surface area contributed by atoms with Crippen molar-refractivity contribution in [1.82, 2.24) is 0 Å². The number of aliphatic carboxylic acids is 1. The molecular formula is C32H31NO14. The monoisotopic (exact) mass is 653 g/mol. The highest BCUT2D eigenvalue weighted by atomic mass is 16.6. The molecule has 47 heavy (non-hydrogen) atoms. The van der Waals surface area contributed by atoms with E-state index in [0.717, 1.165) is 26.0 Å². The molecule has 0 aliphatic carbocycles. The molecule has 1 amide bonds. The molecule has 0 fully saturated rings. The largest absolute Gasteiger partial charge is 0.494 e. The number of amides is 1. The molecule has 2 atom stereocenters. The van der Waals surface area contributed by atoms with Crippen LogP contribution in [-0.2, 0) is 28.7 Å². The number of carbonyl (C=O) groups excluding carboxylic acids is 5. The lowest BCUT2D eigenvalue weighted by Crippen LogP contribution is -2.48. The smallest absolute Gasteiger partial charge is 0.349 e. The number of hydrogen-bond donors (Lipinski definition) is 2. The number of nitrogens with one attached hydrogen (secondary N) is 1. The van der Waals surface area contributed by atoms with Crippen LogP contribution in [0.3, 0.4) is 0 Å². The Kier molecular flexibility index (Phi) is 12.2. The van der Waals surface area contributed by atoms with Gasteiger partial charge < -0.3 is 43.6 Å². The second-order valence-corrected chi connectivity index (χ2v) is 9.36. The fraction of sp³-hybridized carbons (Fsp3) is 0.250. The molecule has 0 radical (unpaired) electrons. The van der Waals surface area contributed by atoms with Gasteiger partial charge in [-0.2, -0.15) is 0 Å². The maximum absolute atomic E-state index is 13.5. The summed E-state index contributed by atoms with van der Waals surface area (Å²) in [4.78, 5) is 75.0. The molecule has 0 bridgehead atoms. The fourth-order valence-electron chi connectivity index (χ4n) is 3.94. The van der Waals surface area contributed by atoms with Crippen LogP contribution >= 0.6 is 0 Å². The maximum Gasteiger partial charge on any atom is 0.349 e. The number of anilines is 1. The SMILES string of the molecule is CCOc1ccc(NC(=O)[C@@H](OC(=O)c2ccc(OC(C)=O)c(OC)c2)[C@H](OC(=O)c2ccc(OC(C)=O)c(OC)c2)C(=O)O)cc1. The highest BCUT2D eigenvalue weighted by molar-refractivity contribution is 6.01. The van der Waals surface area contributed by atoms with Crippen molar-refractivity contribution < 1.29 is 67.0 Å². The summed E-state index contributed by atoms with van der Waals surface area (Å²) in [6, 6.07) is 13.1. The van der Waals surface area contributed by atoms with Gasteiger partial charge in [0.1, 0.15) is 5.75 Å². The van der Waals surface area contributed by atoms with Crippen LogP contribution in [0.15, 0.2) is 60.7 Å². The Morgan fingerprint density at radius 2 is 1.15 bits per heavy atom. The molecule has 0 aliphatic heterocycles. The average Bonchev–Trinajstić information content (AvgIpc) is 3.03. The molecule has 15 heteroatoms. The number of carboxylic acids is 1. The summed E-state index contributed by atoms with van der Waals surface area (Å²) in [6.45, 7) is 4.49. The average molecular weight is 654 g/mol. The number of ether oxygens (including phenoxy) is 7. The number of methoxy groups -OCH3 is 2. The molecule has 2 N–H and O–H groups in total. The Labute approximate surface area is 268 Å². The van der Waals surface area contributed by atoms with Gasteiger partial charge >= 0.3 is 29.8 Å². The van der Waals surface area contributed by atoms with E-state index in [1.807, 2.05) is 0 Å². The predicted octanol–water partition coefficient (Wildman–Crippen LogP) is 3.43. The highest BCUT2D eigenvalue weighted by Gasteiger charge is 2.41. The van der Waals surface area contributed by atoms with E-state index in [0.29, 0.717) is 12.4 Å². The van der Waals surface area contributed by atoms with Crippen LogP contribution in [0, 0.1) is 0 Å². The fourth-order valence-corrected chi connectivity index (χ4v) is 3.94. The predicted molar refractivity (Wildman–Crippen MR) is 161 cm³/mol. The Morgan fingerprint density at radius 1 is 0.681 bits per heavy atom. The van der Waals surface area contributed by atoms with Crippen molar-refractivity contribution in [3.05, 3.63) is 71.8 Å². The molecule has 3 aromatic carbocycles. The first-order chi connectivity index (χ1) is 22.4. The maximum atomic E-state index is 13.5. The summed E-state index contributed by atoms with van der Waals surface area (Å²) in [6.07, 6.45) is -4.60. The van der Waals surface area contributed by atoms with Gasteiger partial charge in [0.25, 0.3) is 5.91 Å². The lowest BCUT2D eigenvalue weighted by atomic mass is 10.1. The lowest BCUT2D eigenvalue weighted by molar-refractivity contribution is -0.157. The van der Waals surface area contributed by atoms with Gasteiger partial charge in [0.05, 0.1) is 32.0 Å². The van der Waals surface area contributed by atoms with Gasteiger partial charge in [-0.25, -0.2) is 14.4 Å². The van der Waals surface area contributed by atoms with Gasteiger partial charge in [-0.1, -0.05) is 0 Å². The molecule has 3 rings (SSSR count). The van der Waals surface area contributed by atoms with E-state index in [1.54, 1.807) is 19.1 Å². The Morgan fingerprint density at radius 3 is 1.55 bits per heavy atom. The summed E-state index contributed by atoms with van der Waals surface area (Å²) < 4.78 is 36.2. The van der Waals surface area contributed by atoms with E-state index < -0.39 is 48.0 Å². The summed E-state index contributed by atoms with van der Waals surface area (Å²) in [7, 11) is 2.49. The van der Waals surface area contributed by atoms with Gasteiger partial charge in [-0.15, -0.1) is 0 Å². The van der Waals surface area contributed by atoms with E-state index in [1.165, 1.54) is 50.6 Å². The van der Waals surface area contributed by atoms with Gasteiger partial charge in [-0.05, 0) is 67.6 Å². The van der Waals surface area contributed by atoms with Gasteiger partial charge in [0.15, 0.2) is 23.0 Å². The van der Waals surface area contributed by atoms with Crippen molar-refractivity contribution >= 4 is 41.4 Å². The quantitative estimate of drug-likeness (QED) is 0.189. The minimum Gasteiger partial charge on any atom is -0.494 e. The number of rotatable bonds is 14. The Bertz CT molecular complexity index is 1650. The summed E-state index contributed by atoms with van der Waals surface area (Å²) >= 11 is 0. The van der Waals surface area contributed by atoms with E-state index in [2.05, 4.69) is 5.32 Å². The van der Waals surface area contributed by atoms with Crippen molar-refractivity contribution in [3.8, 4) is 28.7 Å². The number of benzene rings is 3. The van der Waals surface area contributed by atoms with Crippen LogP contribution in [0.25, 0.3) is 0 Å². The second-order valence-electron chi connectivity index (χ2n) is 9.36. The zero-order chi connectivity index (χ0) is 34.7. The zero-order valence-electron chi connectivity index (χ0n) is 25.9. The molecule has 0 saturated carbocycles. The van der Waals surface area contributed by atoms with E-state index in [4.69, 9.17) is 33.2 Å². The number of hydrogen-bond acceptors (Lipinski definition) is 13. The third-order valence-electron chi connectivity index (χ3n) is 5.98. The minimum absolute atomic E-state index is 0.0196. The molecule has 0 spiro atoms. The van der Waals surface area contributed by atoms with E-state index in [9.17, 15) is 33.9 Å². The van der Waals surface area contributed by atoms with Crippen molar-refractivity contribution in [1.29, 1.82) is 0 Å². The van der Waals surface area contributed by atoms with Crippen molar-refractivity contribution in [2.45, 2.75) is 33.0 Å². The topological polar surface area (TPSA) is 199 Å². The standard InChI is InChI=1S/C32H31NO14/c1-6-43-22-11-9-21(10-12-22)33-29(36)27(46-31(39)19-7-13-23(44-17(2)34)25(15-19)41-4)28(30(37)38)47-32(40)20-8-14-24(45-18(3)35)26(16-20)42-5/h7-16,27-28H,6H2,1-5H3,(H,33,36)(H,37,38)/t27-,28-/m0/s1. The molecule has 15 nitrogen and oxygen atoms in total. The van der Waals surface area contributed by atoms with Gasteiger partial charge in [0, 0.05) is 19.5 Å². The van der Waals surface area contributed by atoms with E-state index >= 15 is 0 Å². The Hall–Kier alpha value is -6.12. The van der Waals surface area contributed by atoms with Crippen LogP contribution < -0.4 is 29.0 Å². The van der Waals surface area contributed by atoms with Crippen LogP contribution in [-0.4, -0.2) is 73.9 Å². The molecule has 0 aromatic heterocycles. The number of carbonyl (C=O) groups is 6. The van der Waals surface area contributed by atoms with Crippen molar-refractivity contribution in [2.75, 3.05) is 26.1 Å². The normalized spacial score (nSPS) is 11.6. The highest BCUT2D eigenvalue weighted by Crippen LogP contribution is 2.30. The van der Waals surface area contributed by atoms with Crippen LogP contribution in [0.2, 0.25) is 0 Å². The molecule has 0 aliphatic rings. The summed E-state index contributed by atoms with van der Waals surface area (Å²) in [5, 5.41) is 12.5. The van der Waals surface area contributed by atoms with Gasteiger partial charge in [-0.3, -0.25) is 14.4 Å². The lowest BCUT2D eigenvalue weighted by Gasteiger charge is -2.24. The summed E-state index contributed by atoms with van der Waals surface area (Å²) in [5.41, 5.74) is -0.294. The Balaban J connectivity index is 1.97. The second kappa shape index (κ2) is 16.3. The number of esters is 4. The van der Waals surface area contributed by atoms with Crippen LogP contribution in [0.5, 0.6) is 28.7 Å². The third-order valence-corrected chi connectivity index (χ3v) is 5.98. The zero-order valence-corrected chi connectivity index (χ0v) is 25.9. The first kappa shape index (κ1) is 35.4. The minimum atomic E-state index is -2.37. The molecule has 0 unspecified atom stereocenters. The van der Waals surface area contributed by atoms with Crippen LogP contribution in [0.1, 0.15) is 41.5 Å². The molecule has 248 valence electrons. The van der Waals surface area contributed by atoms with Gasteiger partial charge in [0.2, 0.25) is 12.2 Å². The van der Waals surface area contributed by atoms with Crippen LogP contribution in [0.4, 0.5) is 5.69 Å².